The van der Waals surface area contributed by atoms with Gasteiger partial charge < -0.3 is 9.64 Å². The van der Waals surface area contributed by atoms with Gasteiger partial charge in [-0.2, -0.15) is 0 Å². The molecule has 4 heteroatoms. The van der Waals surface area contributed by atoms with Gasteiger partial charge in [0.1, 0.15) is 0 Å². The molecule has 0 aliphatic carbocycles. The number of likely N-dealkylation sites (tertiary alicyclic amines) is 1. The standard InChI is InChI=1S/C20H24N2OS/c1-22-9-3-4-17(22)10-16-13-24-19-6-5-14(11-18(16)19)15-7-8-21-20(12-15)23-2/h5-8,11-12,16-17H,3-4,9-10,13H2,1-2H3/t16?,17-/m1/s1. The minimum absolute atomic E-state index is 0.673. The zero-order valence-corrected chi connectivity index (χ0v) is 15.2. The first kappa shape index (κ1) is 16.0. The van der Waals surface area contributed by atoms with E-state index in [2.05, 4.69) is 41.2 Å². The van der Waals surface area contributed by atoms with Crippen LogP contribution in [0.1, 0.15) is 30.7 Å². The number of methoxy groups -OCH3 is 1. The highest BCUT2D eigenvalue weighted by atomic mass is 32.2. The quantitative estimate of drug-likeness (QED) is 0.822. The van der Waals surface area contributed by atoms with Gasteiger partial charge >= 0.3 is 0 Å². The van der Waals surface area contributed by atoms with Crippen molar-refractivity contribution in [1.29, 1.82) is 0 Å². The minimum atomic E-state index is 0.673. The van der Waals surface area contributed by atoms with E-state index in [1.54, 1.807) is 7.11 Å². The lowest BCUT2D eigenvalue weighted by Gasteiger charge is -2.23. The lowest BCUT2D eigenvalue weighted by Crippen LogP contribution is -2.26. The maximum absolute atomic E-state index is 5.27. The summed E-state index contributed by atoms with van der Waals surface area (Å²) in [6.07, 6.45) is 5.82. The van der Waals surface area contributed by atoms with E-state index in [9.17, 15) is 0 Å². The Bertz CT molecular complexity index is 733. The normalized spacial score (nSPS) is 23.4. The zero-order valence-electron chi connectivity index (χ0n) is 14.4. The van der Waals surface area contributed by atoms with Crippen molar-refractivity contribution < 1.29 is 4.74 Å². The van der Waals surface area contributed by atoms with Crippen LogP contribution in [0.5, 0.6) is 5.88 Å². The molecule has 2 atom stereocenters. The summed E-state index contributed by atoms with van der Waals surface area (Å²) in [5.74, 6) is 2.58. The molecule has 2 aliphatic heterocycles. The third kappa shape index (κ3) is 3.05. The van der Waals surface area contributed by atoms with Crippen LogP contribution in [0.15, 0.2) is 41.4 Å². The monoisotopic (exact) mass is 340 g/mol. The lowest BCUT2D eigenvalue weighted by molar-refractivity contribution is 0.286. The summed E-state index contributed by atoms with van der Waals surface area (Å²) in [4.78, 5) is 8.22. The second-order valence-electron chi connectivity index (χ2n) is 6.86. The molecule has 1 fully saturated rings. The molecule has 126 valence electrons. The first-order chi connectivity index (χ1) is 11.7. The number of rotatable bonds is 4. The molecule has 0 amide bonds. The highest BCUT2D eigenvalue weighted by Crippen LogP contribution is 2.44. The van der Waals surface area contributed by atoms with Crippen molar-refractivity contribution in [2.45, 2.75) is 36.1 Å². The Morgan fingerprint density at radius 2 is 2.12 bits per heavy atom. The van der Waals surface area contributed by atoms with Gasteiger partial charge in [0.25, 0.3) is 0 Å². The fraction of sp³-hybridized carbons (Fsp3) is 0.450. The molecule has 3 heterocycles. The maximum atomic E-state index is 5.27. The van der Waals surface area contributed by atoms with Gasteiger partial charge in [0, 0.05) is 29.0 Å². The SMILES string of the molecule is COc1cc(-c2ccc3c(c2)C(C[C@H]2CCCN2C)CS3)ccn1. The Morgan fingerprint density at radius 3 is 2.92 bits per heavy atom. The van der Waals surface area contributed by atoms with Crippen molar-refractivity contribution in [3.8, 4) is 17.0 Å². The number of fused-ring (bicyclic) bond motifs is 1. The van der Waals surface area contributed by atoms with Crippen LogP contribution in [0.4, 0.5) is 0 Å². The molecule has 0 saturated carbocycles. The number of pyridine rings is 1. The van der Waals surface area contributed by atoms with Crippen LogP contribution >= 0.6 is 11.8 Å². The Labute approximate surface area is 148 Å². The molecular weight excluding hydrogens is 316 g/mol. The smallest absolute Gasteiger partial charge is 0.213 e. The van der Waals surface area contributed by atoms with Gasteiger partial charge in [0.2, 0.25) is 5.88 Å². The third-order valence-corrected chi connectivity index (χ3v) is 6.65. The van der Waals surface area contributed by atoms with Crippen LogP contribution in [0.25, 0.3) is 11.1 Å². The van der Waals surface area contributed by atoms with Gasteiger partial charge in [-0.25, -0.2) is 4.98 Å². The second-order valence-corrected chi connectivity index (χ2v) is 7.92. The van der Waals surface area contributed by atoms with Gasteiger partial charge in [-0.15, -0.1) is 11.8 Å². The van der Waals surface area contributed by atoms with E-state index in [1.165, 1.54) is 53.1 Å². The molecule has 2 aliphatic rings. The molecule has 1 saturated heterocycles. The number of hydrogen-bond donors (Lipinski definition) is 0. The van der Waals surface area contributed by atoms with Crippen LogP contribution in [0, 0.1) is 0 Å². The number of thioether (sulfide) groups is 1. The van der Waals surface area contributed by atoms with Gasteiger partial charge in [-0.05, 0) is 73.7 Å². The van der Waals surface area contributed by atoms with Crippen LogP contribution < -0.4 is 4.74 Å². The first-order valence-corrected chi connectivity index (χ1v) is 9.70. The number of aromatic nitrogens is 1. The van der Waals surface area contributed by atoms with Crippen molar-refractivity contribution in [2.75, 3.05) is 26.5 Å². The van der Waals surface area contributed by atoms with E-state index in [0.717, 1.165) is 6.04 Å². The van der Waals surface area contributed by atoms with Crippen LogP contribution in [0.3, 0.4) is 0 Å². The number of hydrogen-bond acceptors (Lipinski definition) is 4. The number of ether oxygens (including phenoxy) is 1. The molecule has 0 bridgehead atoms. The average molecular weight is 340 g/mol. The van der Waals surface area contributed by atoms with Gasteiger partial charge in [-0.1, -0.05) is 6.07 Å². The molecule has 0 radical (unpaired) electrons. The van der Waals surface area contributed by atoms with Crippen LogP contribution in [-0.4, -0.2) is 42.4 Å². The van der Waals surface area contributed by atoms with E-state index in [0.29, 0.717) is 11.8 Å². The van der Waals surface area contributed by atoms with Gasteiger partial charge in [-0.3, -0.25) is 0 Å². The largest absolute Gasteiger partial charge is 0.481 e. The molecule has 3 nitrogen and oxygen atoms in total. The van der Waals surface area contributed by atoms with Crippen molar-refractivity contribution in [3.05, 3.63) is 42.1 Å². The molecule has 0 N–H and O–H groups in total. The summed E-state index contributed by atoms with van der Waals surface area (Å²) in [6.45, 7) is 1.26. The predicted molar refractivity (Wildman–Crippen MR) is 100.0 cm³/mol. The lowest BCUT2D eigenvalue weighted by atomic mass is 9.91. The number of benzene rings is 1. The summed E-state index contributed by atoms with van der Waals surface area (Å²) in [6, 6.07) is 11.7. The number of nitrogens with zero attached hydrogens (tertiary/aromatic N) is 2. The van der Waals surface area contributed by atoms with Gasteiger partial charge in [0.15, 0.2) is 0 Å². The predicted octanol–water partition coefficient (Wildman–Crippen LogP) is 4.43. The minimum Gasteiger partial charge on any atom is -0.481 e. The molecule has 1 aromatic heterocycles. The van der Waals surface area contributed by atoms with Crippen molar-refractivity contribution in [1.82, 2.24) is 9.88 Å². The highest BCUT2D eigenvalue weighted by Gasteiger charge is 2.29. The fourth-order valence-corrected chi connectivity index (χ4v) is 5.21. The fourth-order valence-electron chi connectivity index (χ4n) is 3.96. The van der Waals surface area contributed by atoms with Crippen LogP contribution in [-0.2, 0) is 0 Å². The molecule has 4 rings (SSSR count). The van der Waals surface area contributed by atoms with Crippen molar-refractivity contribution in [3.63, 3.8) is 0 Å². The van der Waals surface area contributed by atoms with Crippen LogP contribution in [0.2, 0.25) is 0 Å². The van der Waals surface area contributed by atoms with E-state index in [4.69, 9.17) is 4.74 Å². The Kier molecular flexibility index (Phi) is 4.51. The summed E-state index contributed by atoms with van der Waals surface area (Å²) < 4.78 is 5.27. The Morgan fingerprint density at radius 1 is 1.25 bits per heavy atom. The summed E-state index contributed by atoms with van der Waals surface area (Å²) >= 11 is 2.02. The molecule has 0 spiro atoms. The topological polar surface area (TPSA) is 25.4 Å². The van der Waals surface area contributed by atoms with E-state index in [-0.39, 0.29) is 0 Å². The first-order valence-electron chi connectivity index (χ1n) is 8.72. The third-order valence-electron chi connectivity index (χ3n) is 5.40. The van der Waals surface area contributed by atoms with Crippen molar-refractivity contribution in [2.24, 2.45) is 0 Å². The second kappa shape index (κ2) is 6.77. The molecular formula is C20H24N2OS. The Balaban J connectivity index is 1.60. The highest BCUT2D eigenvalue weighted by molar-refractivity contribution is 7.99. The summed E-state index contributed by atoms with van der Waals surface area (Å²) in [5, 5.41) is 0. The molecule has 1 unspecified atom stereocenters. The van der Waals surface area contributed by atoms with E-state index >= 15 is 0 Å². The van der Waals surface area contributed by atoms with Gasteiger partial charge in [0.05, 0.1) is 7.11 Å². The molecule has 1 aromatic carbocycles. The van der Waals surface area contributed by atoms with E-state index < -0.39 is 0 Å². The molecule has 2 aromatic rings. The van der Waals surface area contributed by atoms with Crippen molar-refractivity contribution >= 4 is 11.8 Å². The van der Waals surface area contributed by atoms with E-state index in [1.807, 2.05) is 24.0 Å². The summed E-state index contributed by atoms with van der Waals surface area (Å²) in [7, 11) is 3.94. The zero-order chi connectivity index (χ0) is 16.5. The molecule has 24 heavy (non-hydrogen) atoms. The average Bonchev–Trinajstić information content (AvgIpc) is 3.21. The summed E-state index contributed by atoms with van der Waals surface area (Å²) in [5.41, 5.74) is 3.98. The Hall–Kier alpha value is -1.52. The maximum Gasteiger partial charge on any atom is 0.213 e.